The zero-order valence-corrected chi connectivity index (χ0v) is 10.2. The van der Waals surface area contributed by atoms with Crippen LogP contribution in [0.15, 0.2) is 0 Å². The van der Waals surface area contributed by atoms with Crippen molar-refractivity contribution in [2.75, 3.05) is 0 Å². The molecular formula is C10H19N3O4. The predicted octanol–water partition coefficient (Wildman–Crippen LogP) is -1.20. The third kappa shape index (κ3) is 5.30. The van der Waals surface area contributed by atoms with Gasteiger partial charge in [-0.1, -0.05) is 20.8 Å². The van der Waals surface area contributed by atoms with Gasteiger partial charge in [0, 0.05) is 0 Å². The molecule has 6 N–H and O–H groups in total. The normalized spacial score (nSPS) is 14.8. The largest absolute Gasteiger partial charge is 0.480 e. The second-order valence-electron chi connectivity index (χ2n) is 4.92. The molecule has 0 radical (unpaired) electrons. The maximum Gasteiger partial charge on any atom is 0.326 e. The van der Waals surface area contributed by atoms with Gasteiger partial charge in [0.05, 0.1) is 12.5 Å². The molecule has 2 amide bonds. The Morgan fingerprint density at radius 3 is 2.06 bits per heavy atom. The van der Waals surface area contributed by atoms with Crippen LogP contribution in [0, 0.1) is 5.41 Å². The first kappa shape index (κ1) is 15.4. The van der Waals surface area contributed by atoms with Gasteiger partial charge in [0.1, 0.15) is 6.04 Å². The summed E-state index contributed by atoms with van der Waals surface area (Å²) >= 11 is 0. The molecule has 0 aliphatic rings. The number of primary amides is 1. The van der Waals surface area contributed by atoms with Gasteiger partial charge < -0.3 is 21.9 Å². The minimum atomic E-state index is -1.16. The topological polar surface area (TPSA) is 136 Å². The number of carbonyl (C=O) groups is 3. The number of rotatable bonds is 5. The molecule has 0 aliphatic heterocycles. The quantitative estimate of drug-likeness (QED) is 0.482. The Bertz CT molecular complexity index is 322. The Kier molecular flexibility index (Phi) is 5.09. The lowest BCUT2D eigenvalue weighted by Gasteiger charge is -2.28. The Balaban J connectivity index is 4.63. The highest BCUT2D eigenvalue weighted by Crippen LogP contribution is 2.19. The van der Waals surface area contributed by atoms with Gasteiger partial charge in [0.25, 0.3) is 0 Å². The van der Waals surface area contributed by atoms with Crippen molar-refractivity contribution in [3.05, 3.63) is 0 Å². The van der Waals surface area contributed by atoms with Crippen LogP contribution in [0.5, 0.6) is 0 Å². The molecule has 98 valence electrons. The van der Waals surface area contributed by atoms with Crippen molar-refractivity contribution >= 4 is 17.8 Å². The van der Waals surface area contributed by atoms with Crippen LogP contribution >= 0.6 is 0 Å². The van der Waals surface area contributed by atoms with Crippen molar-refractivity contribution in [3.8, 4) is 0 Å². The summed E-state index contributed by atoms with van der Waals surface area (Å²) in [5.41, 5.74) is 9.64. The highest BCUT2D eigenvalue weighted by molar-refractivity contribution is 5.90. The SMILES string of the molecule is CC(C)(C)[C@H](NC(=O)C(N)CC(N)=O)C(=O)O. The molecule has 0 bridgehead atoms. The second-order valence-corrected chi connectivity index (χ2v) is 4.92. The summed E-state index contributed by atoms with van der Waals surface area (Å²) in [5, 5.41) is 11.3. The van der Waals surface area contributed by atoms with Crippen LogP contribution in [0.4, 0.5) is 0 Å². The van der Waals surface area contributed by atoms with E-state index in [1.807, 2.05) is 0 Å². The molecule has 0 saturated carbocycles. The van der Waals surface area contributed by atoms with Gasteiger partial charge >= 0.3 is 5.97 Å². The van der Waals surface area contributed by atoms with E-state index in [-0.39, 0.29) is 6.42 Å². The summed E-state index contributed by atoms with van der Waals surface area (Å²) < 4.78 is 0. The molecule has 2 atom stereocenters. The fraction of sp³-hybridized carbons (Fsp3) is 0.700. The molecule has 0 saturated heterocycles. The average Bonchev–Trinajstić information content (AvgIpc) is 2.09. The van der Waals surface area contributed by atoms with E-state index in [4.69, 9.17) is 16.6 Å². The van der Waals surface area contributed by atoms with E-state index in [9.17, 15) is 14.4 Å². The summed E-state index contributed by atoms with van der Waals surface area (Å²) in [6, 6.07) is -2.20. The summed E-state index contributed by atoms with van der Waals surface area (Å²) in [5.74, 6) is -2.57. The number of nitrogens with two attached hydrogens (primary N) is 2. The molecule has 1 unspecified atom stereocenters. The van der Waals surface area contributed by atoms with Gasteiger partial charge in [0.2, 0.25) is 11.8 Å². The first-order valence-corrected chi connectivity index (χ1v) is 5.12. The van der Waals surface area contributed by atoms with Crippen molar-refractivity contribution in [1.29, 1.82) is 0 Å². The molecule has 0 aromatic rings. The van der Waals surface area contributed by atoms with Gasteiger partial charge in [-0.3, -0.25) is 9.59 Å². The Morgan fingerprint density at radius 1 is 1.29 bits per heavy atom. The number of carboxylic acids is 1. The summed E-state index contributed by atoms with van der Waals surface area (Å²) in [6.45, 7) is 5.02. The lowest BCUT2D eigenvalue weighted by Crippen LogP contribution is -2.54. The van der Waals surface area contributed by atoms with E-state index in [0.717, 1.165) is 0 Å². The number of carboxylic acid groups (broad SMARTS) is 1. The highest BCUT2D eigenvalue weighted by atomic mass is 16.4. The van der Waals surface area contributed by atoms with Gasteiger partial charge in [-0.15, -0.1) is 0 Å². The second kappa shape index (κ2) is 5.62. The predicted molar refractivity (Wildman–Crippen MR) is 60.8 cm³/mol. The van der Waals surface area contributed by atoms with Gasteiger partial charge in [-0.05, 0) is 5.41 Å². The maximum absolute atomic E-state index is 11.5. The Hall–Kier alpha value is -1.63. The highest BCUT2D eigenvalue weighted by Gasteiger charge is 2.33. The lowest BCUT2D eigenvalue weighted by atomic mass is 9.86. The maximum atomic E-state index is 11.5. The van der Waals surface area contributed by atoms with Crippen LogP contribution in [0.2, 0.25) is 0 Å². The van der Waals surface area contributed by atoms with Crippen LogP contribution in [0.1, 0.15) is 27.2 Å². The van der Waals surface area contributed by atoms with Crippen molar-refractivity contribution in [3.63, 3.8) is 0 Å². The minimum Gasteiger partial charge on any atom is -0.480 e. The summed E-state index contributed by atoms with van der Waals surface area (Å²) in [4.78, 5) is 33.1. The Morgan fingerprint density at radius 2 is 1.76 bits per heavy atom. The number of hydrogen-bond acceptors (Lipinski definition) is 4. The number of amides is 2. The zero-order valence-electron chi connectivity index (χ0n) is 10.2. The molecule has 0 fully saturated rings. The Labute approximate surface area is 99.5 Å². The molecular weight excluding hydrogens is 226 g/mol. The van der Waals surface area contributed by atoms with Crippen LogP contribution < -0.4 is 16.8 Å². The molecule has 7 heteroatoms. The molecule has 0 rings (SSSR count). The average molecular weight is 245 g/mol. The zero-order chi connectivity index (χ0) is 13.8. The van der Waals surface area contributed by atoms with E-state index in [1.54, 1.807) is 20.8 Å². The third-order valence-corrected chi connectivity index (χ3v) is 2.16. The smallest absolute Gasteiger partial charge is 0.326 e. The van der Waals surface area contributed by atoms with Crippen LogP contribution in [0.25, 0.3) is 0 Å². The molecule has 0 spiro atoms. The standard InChI is InChI=1S/C10H19N3O4/c1-10(2,3)7(9(16)17)13-8(15)5(11)4-6(12)14/h5,7H,4,11H2,1-3H3,(H2,12,14)(H,13,15)(H,16,17)/t5?,7-/m1/s1. The fourth-order valence-corrected chi connectivity index (χ4v) is 1.21. The molecule has 7 nitrogen and oxygen atoms in total. The summed E-state index contributed by atoms with van der Waals surface area (Å²) in [7, 11) is 0. The van der Waals surface area contributed by atoms with Gasteiger partial charge in [-0.25, -0.2) is 4.79 Å². The van der Waals surface area contributed by atoms with Gasteiger partial charge in [-0.2, -0.15) is 0 Å². The van der Waals surface area contributed by atoms with E-state index in [1.165, 1.54) is 0 Å². The van der Waals surface area contributed by atoms with Crippen LogP contribution in [-0.4, -0.2) is 35.0 Å². The third-order valence-electron chi connectivity index (χ3n) is 2.16. The first-order chi connectivity index (χ1) is 7.55. The lowest BCUT2D eigenvalue weighted by molar-refractivity contribution is -0.145. The van der Waals surface area contributed by atoms with Crippen molar-refractivity contribution < 1.29 is 19.5 Å². The number of aliphatic carboxylic acids is 1. The summed E-state index contributed by atoms with van der Waals surface area (Å²) in [6.07, 6.45) is -0.317. The minimum absolute atomic E-state index is 0.317. The van der Waals surface area contributed by atoms with Crippen LogP contribution in [0.3, 0.4) is 0 Å². The molecule has 0 aromatic carbocycles. The van der Waals surface area contributed by atoms with Crippen molar-refractivity contribution in [1.82, 2.24) is 5.32 Å². The van der Waals surface area contributed by atoms with Gasteiger partial charge in [0.15, 0.2) is 0 Å². The molecule has 0 heterocycles. The van der Waals surface area contributed by atoms with E-state index in [0.29, 0.717) is 0 Å². The molecule has 17 heavy (non-hydrogen) atoms. The number of carbonyl (C=O) groups excluding carboxylic acids is 2. The molecule has 0 aliphatic carbocycles. The fourth-order valence-electron chi connectivity index (χ4n) is 1.21. The number of nitrogens with one attached hydrogen (secondary N) is 1. The first-order valence-electron chi connectivity index (χ1n) is 5.12. The van der Waals surface area contributed by atoms with E-state index >= 15 is 0 Å². The van der Waals surface area contributed by atoms with E-state index < -0.39 is 35.3 Å². The monoisotopic (exact) mass is 245 g/mol. The number of hydrogen-bond donors (Lipinski definition) is 4. The van der Waals surface area contributed by atoms with Crippen LogP contribution in [-0.2, 0) is 14.4 Å². The van der Waals surface area contributed by atoms with Crippen molar-refractivity contribution in [2.24, 2.45) is 16.9 Å². The molecule has 0 aromatic heterocycles. The van der Waals surface area contributed by atoms with Crippen molar-refractivity contribution in [2.45, 2.75) is 39.3 Å². The van der Waals surface area contributed by atoms with E-state index in [2.05, 4.69) is 5.32 Å².